The predicted molar refractivity (Wildman–Crippen MR) is 81.3 cm³/mol. The van der Waals surface area contributed by atoms with Crippen LogP contribution in [-0.4, -0.2) is 5.78 Å². The number of carbonyl (C=O) groups is 1. The molecular formula is C16H12OS2. The van der Waals surface area contributed by atoms with Gasteiger partial charge in [0.25, 0.3) is 0 Å². The summed E-state index contributed by atoms with van der Waals surface area (Å²) in [6.07, 6.45) is 1.01. The smallest absolute Gasteiger partial charge is 0.176 e. The van der Waals surface area contributed by atoms with Crippen molar-refractivity contribution < 1.29 is 4.79 Å². The third-order valence-electron chi connectivity index (χ3n) is 3.74. The van der Waals surface area contributed by atoms with E-state index in [2.05, 4.69) is 41.8 Å². The Hall–Kier alpha value is -1.45. The fraction of sp³-hybridized carbons (Fsp3) is 0.188. The van der Waals surface area contributed by atoms with Gasteiger partial charge in [-0.05, 0) is 35.4 Å². The molecule has 0 amide bonds. The maximum atomic E-state index is 12.5. The van der Waals surface area contributed by atoms with E-state index in [1.807, 2.05) is 6.07 Å². The Labute approximate surface area is 119 Å². The molecule has 1 nitrogen and oxygen atoms in total. The lowest BCUT2D eigenvalue weighted by atomic mass is 10.1. The molecule has 4 rings (SSSR count). The lowest BCUT2D eigenvalue weighted by Gasteiger charge is -1.98. The average Bonchev–Trinajstić information content (AvgIpc) is 2.95. The van der Waals surface area contributed by atoms with Crippen LogP contribution >= 0.6 is 22.7 Å². The van der Waals surface area contributed by atoms with Gasteiger partial charge >= 0.3 is 0 Å². The van der Waals surface area contributed by atoms with Gasteiger partial charge in [-0.2, -0.15) is 0 Å². The second-order valence-corrected chi connectivity index (χ2v) is 7.01. The molecule has 0 radical (unpaired) electrons. The van der Waals surface area contributed by atoms with Gasteiger partial charge in [0, 0.05) is 15.3 Å². The Morgan fingerprint density at radius 2 is 1.95 bits per heavy atom. The molecule has 2 unspecified atom stereocenters. The highest BCUT2D eigenvalue weighted by molar-refractivity contribution is 7.27. The molecule has 1 aliphatic carbocycles. The Morgan fingerprint density at radius 3 is 2.74 bits per heavy atom. The predicted octanol–water partition coefficient (Wildman–Crippen LogP) is 4.95. The first-order valence-corrected chi connectivity index (χ1v) is 8.09. The normalized spacial score (nSPS) is 21.7. The van der Waals surface area contributed by atoms with Gasteiger partial charge in [0.1, 0.15) is 0 Å². The van der Waals surface area contributed by atoms with Crippen molar-refractivity contribution in [3.05, 3.63) is 58.3 Å². The zero-order valence-electron chi connectivity index (χ0n) is 10.2. The first-order valence-electron chi connectivity index (χ1n) is 6.39. The van der Waals surface area contributed by atoms with Gasteiger partial charge in [0.15, 0.2) is 5.78 Å². The highest BCUT2D eigenvalue weighted by Crippen LogP contribution is 2.50. The molecule has 0 aliphatic heterocycles. The van der Waals surface area contributed by atoms with Crippen LogP contribution in [0.5, 0.6) is 0 Å². The Balaban J connectivity index is 1.58. The Morgan fingerprint density at radius 1 is 1.11 bits per heavy atom. The van der Waals surface area contributed by atoms with Crippen LogP contribution < -0.4 is 0 Å². The fourth-order valence-corrected chi connectivity index (χ4v) is 4.74. The summed E-state index contributed by atoms with van der Waals surface area (Å²) < 4.78 is 2.48. The third-order valence-corrected chi connectivity index (χ3v) is 5.85. The number of hydrogen-bond donors (Lipinski definition) is 0. The van der Waals surface area contributed by atoms with Crippen molar-refractivity contribution in [1.29, 1.82) is 0 Å². The monoisotopic (exact) mass is 284 g/mol. The van der Waals surface area contributed by atoms with Crippen molar-refractivity contribution >= 4 is 37.9 Å². The topological polar surface area (TPSA) is 17.1 Å². The van der Waals surface area contributed by atoms with Gasteiger partial charge in [-0.25, -0.2) is 0 Å². The fourth-order valence-electron chi connectivity index (χ4n) is 2.62. The number of ketones is 1. The average molecular weight is 284 g/mol. The van der Waals surface area contributed by atoms with Crippen molar-refractivity contribution in [2.75, 3.05) is 0 Å². The highest BCUT2D eigenvalue weighted by atomic mass is 32.1. The Kier molecular flexibility index (Phi) is 2.57. The molecule has 1 fully saturated rings. The summed E-state index contributed by atoms with van der Waals surface area (Å²) in [5.74, 6) is 0.978. The van der Waals surface area contributed by atoms with Crippen LogP contribution in [0, 0.1) is 5.92 Å². The molecule has 2 atom stereocenters. The molecule has 1 aliphatic rings. The Bertz CT molecular complexity index is 710. The molecule has 94 valence electrons. The summed E-state index contributed by atoms with van der Waals surface area (Å²) in [5.41, 5.74) is 1.30. The molecule has 3 aromatic rings. The SMILES string of the molecule is O=C(c1cc2sccc2s1)C1CC1c1ccccc1. The second kappa shape index (κ2) is 4.29. The molecule has 3 heteroatoms. The first kappa shape index (κ1) is 11.4. The molecule has 1 saturated carbocycles. The summed E-state index contributed by atoms with van der Waals surface area (Å²) >= 11 is 3.35. The largest absolute Gasteiger partial charge is 0.293 e. The van der Waals surface area contributed by atoms with E-state index in [1.54, 1.807) is 22.7 Å². The number of benzene rings is 1. The van der Waals surface area contributed by atoms with Crippen LogP contribution in [0.4, 0.5) is 0 Å². The molecule has 0 N–H and O–H groups in total. The van der Waals surface area contributed by atoms with Gasteiger partial charge in [-0.15, -0.1) is 22.7 Å². The minimum Gasteiger partial charge on any atom is -0.293 e. The number of fused-ring (bicyclic) bond motifs is 1. The minimum atomic E-state index is 0.204. The molecule has 0 saturated heterocycles. The number of rotatable bonds is 3. The van der Waals surface area contributed by atoms with E-state index < -0.39 is 0 Å². The minimum absolute atomic E-state index is 0.204. The van der Waals surface area contributed by atoms with Crippen LogP contribution in [0.25, 0.3) is 9.40 Å². The van der Waals surface area contributed by atoms with Crippen LogP contribution in [-0.2, 0) is 0 Å². The molecule has 19 heavy (non-hydrogen) atoms. The molecule has 1 aromatic carbocycles. The van der Waals surface area contributed by atoms with Crippen LogP contribution in [0.2, 0.25) is 0 Å². The van der Waals surface area contributed by atoms with Crippen LogP contribution in [0.3, 0.4) is 0 Å². The van der Waals surface area contributed by atoms with E-state index in [0.717, 1.165) is 11.3 Å². The zero-order valence-corrected chi connectivity index (χ0v) is 11.8. The van der Waals surface area contributed by atoms with Crippen molar-refractivity contribution in [3.63, 3.8) is 0 Å². The summed E-state index contributed by atoms with van der Waals surface area (Å²) in [7, 11) is 0. The summed E-state index contributed by atoms with van der Waals surface area (Å²) in [6.45, 7) is 0. The summed E-state index contributed by atoms with van der Waals surface area (Å²) in [4.78, 5) is 13.4. The maximum absolute atomic E-state index is 12.5. The van der Waals surface area contributed by atoms with E-state index in [0.29, 0.717) is 11.7 Å². The van der Waals surface area contributed by atoms with Crippen molar-refractivity contribution in [2.24, 2.45) is 5.92 Å². The molecule has 2 aromatic heterocycles. The van der Waals surface area contributed by atoms with Gasteiger partial charge in [-0.1, -0.05) is 30.3 Å². The van der Waals surface area contributed by atoms with Gasteiger partial charge in [0.05, 0.1) is 4.88 Å². The van der Waals surface area contributed by atoms with E-state index in [-0.39, 0.29) is 5.92 Å². The molecule has 0 spiro atoms. The lowest BCUT2D eigenvalue weighted by Crippen LogP contribution is -2.00. The number of carbonyl (C=O) groups excluding carboxylic acids is 1. The summed E-state index contributed by atoms with van der Waals surface area (Å²) in [6, 6.07) is 14.6. The van der Waals surface area contributed by atoms with Crippen molar-refractivity contribution in [2.45, 2.75) is 12.3 Å². The second-order valence-electron chi connectivity index (χ2n) is 4.98. The van der Waals surface area contributed by atoms with Gasteiger partial charge in [-0.3, -0.25) is 4.79 Å². The standard InChI is InChI=1S/C16H12OS2/c17-16(15-9-14-13(19-15)6-7-18-14)12-8-11(12)10-4-2-1-3-5-10/h1-7,9,11-12H,8H2. The van der Waals surface area contributed by atoms with Crippen molar-refractivity contribution in [3.8, 4) is 0 Å². The van der Waals surface area contributed by atoms with E-state index in [1.165, 1.54) is 15.0 Å². The van der Waals surface area contributed by atoms with Crippen LogP contribution in [0.15, 0.2) is 47.8 Å². The highest BCUT2D eigenvalue weighted by Gasteiger charge is 2.44. The lowest BCUT2D eigenvalue weighted by molar-refractivity contribution is 0.0969. The molecular weight excluding hydrogens is 272 g/mol. The number of Topliss-reactive ketones (excluding diaryl/α,β-unsaturated/α-hetero) is 1. The molecule has 0 bridgehead atoms. The number of thiophene rings is 2. The molecule has 2 heterocycles. The van der Waals surface area contributed by atoms with Gasteiger partial charge < -0.3 is 0 Å². The van der Waals surface area contributed by atoms with E-state index in [4.69, 9.17) is 0 Å². The maximum Gasteiger partial charge on any atom is 0.176 e. The van der Waals surface area contributed by atoms with E-state index >= 15 is 0 Å². The quantitative estimate of drug-likeness (QED) is 0.622. The van der Waals surface area contributed by atoms with E-state index in [9.17, 15) is 4.79 Å². The summed E-state index contributed by atoms with van der Waals surface area (Å²) in [5, 5.41) is 2.08. The van der Waals surface area contributed by atoms with Crippen molar-refractivity contribution in [1.82, 2.24) is 0 Å². The zero-order chi connectivity index (χ0) is 12.8. The van der Waals surface area contributed by atoms with Crippen LogP contribution in [0.1, 0.15) is 27.6 Å². The third kappa shape index (κ3) is 1.94. The first-order chi connectivity index (χ1) is 9.33. The number of hydrogen-bond acceptors (Lipinski definition) is 3. The van der Waals surface area contributed by atoms with Gasteiger partial charge in [0.2, 0.25) is 0 Å².